The molecule has 1 aliphatic heterocycles. The number of ether oxygens (including phenoxy) is 3. The van der Waals surface area contributed by atoms with Crippen molar-refractivity contribution in [1.82, 2.24) is 0 Å². The molecule has 1 aliphatic rings. The molecule has 4 rings (SSSR count). The molecule has 0 radical (unpaired) electrons. The highest BCUT2D eigenvalue weighted by molar-refractivity contribution is 5.91. The molecular weight excluding hydrogens is 464 g/mol. The van der Waals surface area contributed by atoms with Crippen LogP contribution in [0.25, 0.3) is 0 Å². The Hall–Kier alpha value is -4.80. The Kier molecular flexibility index (Phi) is 5.91. The molecule has 11 nitrogen and oxygen atoms in total. The standard InChI is InChI=1S/C24H20O11/c1-33-18-2-10(9-25)3-19-13(18)8-20(23(34-19)11-4-14(26)21(30)15(27)5-11)35-24(32)12-6-16(28)22(31)17(29)7-12/h2-7,9,20,23,26-31H,8H2,1H3/t20-,23-/m1/s1. The highest BCUT2D eigenvalue weighted by atomic mass is 16.6. The van der Waals surface area contributed by atoms with Gasteiger partial charge in [0.25, 0.3) is 0 Å². The summed E-state index contributed by atoms with van der Waals surface area (Å²) in [4.78, 5) is 24.2. The molecule has 0 saturated heterocycles. The summed E-state index contributed by atoms with van der Waals surface area (Å²) in [7, 11) is 1.38. The maximum atomic E-state index is 12.9. The molecule has 0 bridgehead atoms. The van der Waals surface area contributed by atoms with Gasteiger partial charge in [-0.3, -0.25) is 4.79 Å². The summed E-state index contributed by atoms with van der Waals surface area (Å²) < 4.78 is 17.0. The van der Waals surface area contributed by atoms with E-state index in [1.165, 1.54) is 19.2 Å². The molecule has 1 heterocycles. The Labute approximate surface area is 197 Å². The lowest BCUT2D eigenvalue weighted by Gasteiger charge is -2.34. The van der Waals surface area contributed by atoms with Crippen molar-refractivity contribution < 1.29 is 54.4 Å². The average Bonchev–Trinajstić information content (AvgIpc) is 2.84. The first-order chi connectivity index (χ1) is 16.6. The summed E-state index contributed by atoms with van der Waals surface area (Å²) in [5.41, 5.74) is 0.576. The highest BCUT2D eigenvalue weighted by Gasteiger charge is 2.37. The number of aldehydes is 1. The van der Waals surface area contributed by atoms with Gasteiger partial charge in [-0.05, 0) is 36.4 Å². The van der Waals surface area contributed by atoms with Crippen molar-refractivity contribution in [3.63, 3.8) is 0 Å². The number of rotatable bonds is 5. The maximum Gasteiger partial charge on any atom is 0.338 e. The molecule has 0 unspecified atom stereocenters. The van der Waals surface area contributed by atoms with Crippen LogP contribution >= 0.6 is 0 Å². The fourth-order valence-electron chi connectivity index (χ4n) is 3.82. The van der Waals surface area contributed by atoms with Gasteiger partial charge in [0.1, 0.15) is 23.9 Å². The molecule has 11 heteroatoms. The lowest BCUT2D eigenvalue weighted by molar-refractivity contribution is -0.0188. The Morgan fingerprint density at radius 1 is 0.914 bits per heavy atom. The lowest BCUT2D eigenvalue weighted by atomic mass is 9.92. The summed E-state index contributed by atoms with van der Waals surface area (Å²) in [6.45, 7) is 0. The fourth-order valence-corrected chi connectivity index (χ4v) is 3.82. The third-order valence-corrected chi connectivity index (χ3v) is 5.53. The third kappa shape index (κ3) is 4.26. The van der Waals surface area contributed by atoms with Gasteiger partial charge in [0.2, 0.25) is 0 Å². The predicted molar refractivity (Wildman–Crippen MR) is 118 cm³/mol. The lowest BCUT2D eigenvalue weighted by Crippen LogP contribution is -2.35. The Bertz CT molecular complexity index is 1290. The number of phenols is 6. The van der Waals surface area contributed by atoms with E-state index in [1.807, 2.05) is 0 Å². The molecule has 0 saturated carbocycles. The molecular formula is C24H20O11. The normalized spacial score (nSPS) is 16.6. The van der Waals surface area contributed by atoms with Crippen LogP contribution in [-0.2, 0) is 11.2 Å². The van der Waals surface area contributed by atoms with Crippen LogP contribution in [0.4, 0.5) is 0 Å². The second-order valence-electron chi connectivity index (χ2n) is 7.77. The largest absolute Gasteiger partial charge is 0.504 e. The zero-order valence-corrected chi connectivity index (χ0v) is 18.1. The molecule has 35 heavy (non-hydrogen) atoms. The van der Waals surface area contributed by atoms with Crippen LogP contribution in [0.15, 0.2) is 36.4 Å². The Balaban J connectivity index is 1.78. The van der Waals surface area contributed by atoms with Gasteiger partial charge >= 0.3 is 5.97 Å². The summed E-state index contributed by atoms with van der Waals surface area (Å²) in [6, 6.07) is 6.96. The zero-order valence-electron chi connectivity index (χ0n) is 18.1. The summed E-state index contributed by atoms with van der Waals surface area (Å²) in [6.07, 6.45) is -1.64. The minimum atomic E-state index is -1.13. The van der Waals surface area contributed by atoms with Gasteiger partial charge in [0, 0.05) is 23.1 Å². The molecule has 6 N–H and O–H groups in total. The first kappa shape index (κ1) is 23.4. The summed E-state index contributed by atoms with van der Waals surface area (Å²) >= 11 is 0. The number of phenolic OH excluding ortho intramolecular Hbond substituents is 6. The first-order valence-corrected chi connectivity index (χ1v) is 10.2. The third-order valence-electron chi connectivity index (χ3n) is 5.53. The smallest absolute Gasteiger partial charge is 0.338 e. The average molecular weight is 484 g/mol. The first-order valence-electron chi connectivity index (χ1n) is 10.2. The fraction of sp³-hybridized carbons (Fsp3) is 0.167. The topological polar surface area (TPSA) is 183 Å². The van der Waals surface area contributed by atoms with Crippen LogP contribution in [0.5, 0.6) is 46.0 Å². The molecule has 3 aromatic carbocycles. The summed E-state index contributed by atoms with van der Waals surface area (Å²) in [5.74, 6) is -4.80. The molecule has 182 valence electrons. The van der Waals surface area contributed by atoms with E-state index in [0.29, 0.717) is 17.6 Å². The SMILES string of the molecule is COc1cc(C=O)cc2c1C[C@@H](OC(=O)c1cc(O)c(O)c(O)c1)[C@@H](c1cc(O)c(O)c(O)c1)O2. The van der Waals surface area contributed by atoms with Gasteiger partial charge in [-0.1, -0.05) is 0 Å². The zero-order chi connectivity index (χ0) is 25.4. The van der Waals surface area contributed by atoms with Gasteiger partial charge in [0.15, 0.2) is 40.6 Å². The molecule has 0 fully saturated rings. The number of benzene rings is 3. The number of methoxy groups -OCH3 is 1. The van der Waals surface area contributed by atoms with Crippen LogP contribution in [0, 0.1) is 0 Å². The molecule has 0 aliphatic carbocycles. The number of hydrogen-bond donors (Lipinski definition) is 6. The molecule has 0 amide bonds. The second-order valence-corrected chi connectivity index (χ2v) is 7.77. The van der Waals surface area contributed by atoms with E-state index in [0.717, 1.165) is 24.3 Å². The molecule has 0 aromatic heterocycles. The number of esters is 1. The quantitative estimate of drug-likeness (QED) is 0.178. The van der Waals surface area contributed by atoms with E-state index in [4.69, 9.17) is 14.2 Å². The van der Waals surface area contributed by atoms with Gasteiger partial charge < -0.3 is 44.8 Å². The molecule has 0 spiro atoms. The highest BCUT2D eigenvalue weighted by Crippen LogP contribution is 2.45. The van der Waals surface area contributed by atoms with Crippen molar-refractivity contribution in [2.24, 2.45) is 0 Å². The van der Waals surface area contributed by atoms with E-state index in [9.17, 15) is 40.2 Å². The van der Waals surface area contributed by atoms with E-state index in [-0.39, 0.29) is 28.9 Å². The van der Waals surface area contributed by atoms with Crippen molar-refractivity contribution >= 4 is 12.3 Å². The van der Waals surface area contributed by atoms with Crippen molar-refractivity contribution in [3.8, 4) is 46.0 Å². The maximum absolute atomic E-state index is 12.9. The van der Waals surface area contributed by atoms with Gasteiger partial charge in [-0.2, -0.15) is 0 Å². The Morgan fingerprint density at radius 2 is 1.49 bits per heavy atom. The number of carbonyl (C=O) groups is 2. The van der Waals surface area contributed by atoms with Crippen LogP contribution in [0.1, 0.15) is 37.9 Å². The van der Waals surface area contributed by atoms with E-state index >= 15 is 0 Å². The molecule has 3 aromatic rings. The van der Waals surface area contributed by atoms with Crippen molar-refractivity contribution in [3.05, 3.63) is 58.7 Å². The van der Waals surface area contributed by atoms with Crippen LogP contribution in [0.2, 0.25) is 0 Å². The monoisotopic (exact) mass is 484 g/mol. The van der Waals surface area contributed by atoms with E-state index in [1.54, 1.807) is 0 Å². The Morgan fingerprint density at radius 3 is 2.03 bits per heavy atom. The van der Waals surface area contributed by atoms with Gasteiger partial charge in [-0.25, -0.2) is 4.79 Å². The van der Waals surface area contributed by atoms with Crippen molar-refractivity contribution in [1.29, 1.82) is 0 Å². The van der Waals surface area contributed by atoms with Crippen LogP contribution in [-0.4, -0.2) is 56.1 Å². The van der Waals surface area contributed by atoms with Crippen molar-refractivity contribution in [2.45, 2.75) is 18.6 Å². The number of hydrogen-bond acceptors (Lipinski definition) is 11. The number of aromatic hydroxyl groups is 6. The van der Waals surface area contributed by atoms with Gasteiger partial charge in [-0.15, -0.1) is 0 Å². The number of fused-ring (bicyclic) bond motifs is 1. The summed E-state index contributed by atoms with van der Waals surface area (Å²) in [5, 5.41) is 58.7. The predicted octanol–water partition coefficient (Wildman–Crippen LogP) is 2.64. The van der Waals surface area contributed by atoms with E-state index < -0.39 is 52.7 Å². The minimum absolute atomic E-state index is 0.00645. The van der Waals surface area contributed by atoms with E-state index in [2.05, 4.69) is 0 Å². The van der Waals surface area contributed by atoms with Crippen LogP contribution < -0.4 is 9.47 Å². The van der Waals surface area contributed by atoms with Crippen molar-refractivity contribution in [2.75, 3.05) is 7.11 Å². The van der Waals surface area contributed by atoms with Gasteiger partial charge in [0.05, 0.1) is 12.7 Å². The van der Waals surface area contributed by atoms with Crippen LogP contribution in [0.3, 0.4) is 0 Å². The molecule has 2 atom stereocenters. The number of carbonyl (C=O) groups excluding carboxylic acids is 2. The second kappa shape index (κ2) is 8.86. The minimum Gasteiger partial charge on any atom is -0.504 e.